The number of hydrogen-bond acceptors (Lipinski definition) is 3. The van der Waals surface area contributed by atoms with Crippen LogP contribution in [-0.4, -0.2) is 26.2 Å². The molecule has 2 aromatic rings. The zero-order valence-corrected chi connectivity index (χ0v) is 15.7. The van der Waals surface area contributed by atoms with Crippen molar-refractivity contribution in [1.29, 1.82) is 5.26 Å². The zero-order chi connectivity index (χ0) is 18.6. The number of aryl methyl sites for hydroxylation is 2. The van der Waals surface area contributed by atoms with Gasteiger partial charge in [-0.25, -0.2) is 4.39 Å². The average Bonchev–Trinajstić information content (AvgIpc) is 2.67. The lowest BCUT2D eigenvalue weighted by atomic mass is 9.97. The summed E-state index contributed by atoms with van der Waals surface area (Å²) in [5.74, 6) is 0. The fourth-order valence-electron chi connectivity index (χ4n) is 3.43. The summed E-state index contributed by atoms with van der Waals surface area (Å²) in [6.07, 6.45) is 0.544. The number of hydrogen-bond donors (Lipinski definition) is 1. The van der Waals surface area contributed by atoms with E-state index in [1.165, 1.54) is 0 Å². The van der Waals surface area contributed by atoms with E-state index in [0.29, 0.717) is 17.5 Å². The number of nitriles is 1. The van der Waals surface area contributed by atoms with Gasteiger partial charge in [0.1, 0.15) is 0 Å². The molecule has 26 heavy (non-hydrogen) atoms. The molecule has 0 amide bonds. The number of rotatable bonds is 5. The van der Waals surface area contributed by atoms with Crippen LogP contribution in [0.3, 0.4) is 0 Å². The number of anilines is 1. The molecule has 1 atom stereocenters. The van der Waals surface area contributed by atoms with Crippen LogP contribution in [0, 0.1) is 18.3 Å². The van der Waals surface area contributed by atoms with Gasteiger partial charge in [-0.15, -0.1) is 0 Å². The number of piperazine rings is 1. The first-order chi connectivity index (χ1) is 12.5. The fourth-order valence-corrected chi connectivity index (χ4v) is 3.64. The Kier molecular flexibility index (Phi) is 5.80. The van der Waals surface area contributed by atoms with E-state index in [0.717, 1.165) is 43.0 Å². The molecule has 0 bridgehead atoms. The first-order valence-corrected chi connectivity index (χ1v) is 9.32. The molecule has 0 aromatic heterocycles. The highest BCUT2D eigenvalue weighted by atomic mass is 35.5. The minimum absolute atomic E-state index is 0.125. The van der Waals surface area contributed by atoms with Gasteiger partial charge in [0.2, 0.25) is 5.13 Å². The third-order valence-electron chi connectivity index (χ3n) is 4.92. The van der Waals surface area contributed by atoms with E-state index in [-0.39, 0.29) is 6.42 Å². The summed E-state index contributed by atoms with van der Waals surface area (Å²) >= 11 is 6.24. The zero-order valence-electron chi connectivity index (χ0n) is 14.9. The van der Waals surface area contributed by atoms with Gasteiger partial charge in [-0.3, -0.25) is 0 Å². The number of nitrogens with zero attached hydrogens (tertiary/aromatic N) is 2. The van der Waals surface area contributed by atoms with Crippen LogP contribution in [0.15, 0.2) is 42.5 Å². The quantitative estimate of drug-likeness (QED) is 0.798. The molecule has 1 heterocycles. The van der Waals surface area contributed by atoms with Crippen LogP contribution >= 0.6 is 11.6 Å². The van der Waals surface area contributed by atoms with E-state index in [2.05, 4.69) is 16.3 Å². The van der Waals surface area contributed by atoms with Crippen molar-refractivity contribution < 1.29 is 4.39 Å². The summed E-state index contributed by atoms with van der Waals surface area (Å²) in [5, 5.41) is 10.6. The molecule has 1 saturated heterocycles. The summed E-state index contributed by atoms with van der Waals surface area (Å²) in [4.78, 5) is 2.31. The SMILES string of the molecule is Cc1cc(C(F)(Cl)CCc2ccccc2C#N)ccc1N1CCNCC1. The lowest BCUT2D eigenvalue weighted by molar-refractivity contribution is 0.265. The summed E-state index contributed by atoms with van der Waals surface area (Å²) < 4.78 is 15.2. The fraction of sp³-hybridized carbons (Fsp3) is 0.381. The van der Waals surface area contributed by atoms with Crippen molar-refractivity contribution in [2.45, 2.75) is 24.9 Å². The van der Waals surface area contributed by atoms with E-state index in [1.54, 1.807) is 12.1 Å². The van der Waals surface area contributed by atoms with Crippen LogP contribution in [-0.2, 0) is 11.5 Å². The van der Waals surface area contributed by atoms with Gasteiger partial charge in [0.25, 0.3) is 0 Å². The standard InChI is InChI=1S/C21H23ClFN3/c1-16-14-19(6-7-20(16)26-12-10-25-11-13-26)21(22,23)9-8-17-4-2-3-5-18(17)15-24/h2-7,14,25H,8-13H2,1H3. The smallest absolute Gasteiger partial charge is 0.209 e. The molecule has 1 fully saturated rings. The van der Waals surface area contributed by atoms with Gasteiger partial charge in [-0.1, -0.05) is 35.9 Å². The van der Waals surface area contributed by atoms with E-state index in [9.17, 15) is 0 Å². The van der Waals surface area contributed by atoms with Crippen molar-refractivity contribution in [2.75, 3.05) is 31.1 Å². The van der Waals surface area contributed by atoms with Crippen molar-refractivity contribution in [3.05, 3.63) is 64.7 Å². The third-order valence-corrected chi connectivity index (χ3v) is 5.33. The van der Waals surface area contributed by atoms with Gasteiger partial charge in [0.05, 0.1) is 11.6 Å². The molecule has 1 aliphatic heterocycles. The number of halogens is 2. The maximum absolute atomic E-state index is 15.2. The second kappa shape index (κ2) is 8.07. The van der Waals surface area contributed by atoms with Gasteiger partial charge in [-0.2, -0.15) is 5.26 Å². The molecule has 1 N–H and O–H groups in total. The topological polar surface area (TPSA) is 39.1 Å². The molecular weight excluding hydrogens is 349 g/mol. The van der Waals surface area contributed by atoms with Crippen LogP contribution in [0.5, 0.6) is 0 Å². The molecule has 3 nitrogen and oxygen atoms in total. The van der Waals surface area contributed by atoms with Crippen LogP contribution in [0.2, 0.25) is 0 Å². The first kappa shape index (κ1) is 18.7. The van der Waals surface area contributed by atoms with Crippen LogP contribution < -0.4 is 10.2 Å². The van der Waals surface area contributed by atoms with Crippen molar-refractivity contribution in [3.63, 3.8) is 0 Å². The second-order valence-corrected chi connectivity index (χ2v) is 7.31. The van der Waals surface area contributed by atoms with Crippen molar-refractivity contribution >= 4 is 17.3 Å². The molecule has 5 heteroatoms. The molecule has 0 aliphatic carbocycles. The Labute approximate surface area is 159 Å². The normalized spacial score (nSPS) is 16.8. The number of nitrogens with one attached hydrogen (secondary N) is 1. The van der Waals surface area contributed by atoms with Gasteiger partial charge in [-0.05, 0) is 42.7 Å². The minimum Gasteiger partial charge on any atom is -0.369 e. The van der Waals surface area contributed by atoms with Crippen molar-refractivity contribution in [3.8, 4) is 6.07 Å². The van der Waals surface area contributed by atoms with E-state index < -0.39 is 5.13 Å². The van der Waals surface area contributed by atoms with Gasteiger partial charge in [0.15, 0.2) is 0 Å². The Morgan fingerprint density at radius 1 is 1.23 bits per heavy atom. The molecule has 1 unspecified atom stereocenters. The molecule has 0 saturated carbocycles. The van der Waals surface area contributed by atoms with Crippen LogP contribution in [0.1, 0.15) is 28.7 Å². The predicted molar refractivity (Wildman–Crippen MR) is 104 cm³/mol. The van der Waals surface area contributed by atoms with Crippen molar-refractivity contribution in [1.82, 2.24) is 5.32 Å². The van der Waals surface area contributed by atoms with Crippen molar-refractivity contribution in [2.24, 2.45) is 0 Å². The lowest BCUT2D eigenvalue weighted by Gasteiger charge is -2.31. The highest BCUT2D eigenvalue weighted by molar-refractivity contribution is 6.22. The highest BCUT2D eigenvalue weighted by Gasteiger charge is 2.29. The van der Waals surface area contributed by atoms with Crippen LogP contribution in [0.4, 0.5) is 10.1 Å². The van der Waals surface area contributed by atoms with E-state index in [1.807, 2.05) is 37.3 Å². The molecule has 3 rings (SSSR count). The molecular formula is C21H23ClFN3. The Morgan fingerprint density at radius 2 is 1.96 bits per heavy atom. The number of alkyl halides is 2. The molecule has 0 spiro atoms. The minimum atomic E-state index is -1.95. The Balaban J connectivity index is 1.74. The molecule has 0 radical (unpaired) electrons. The van der Waals surface area contributed by atoms with Gasteiger partial charge < -0.3 is 10.2 Å². The highest BCUT2D eigenvalue weighted by Crippen LogP contribution is 2.38. The summed E-state index contributed by atoms with van der Waals surface area (Å²) in [5.41, 5.74) is 4.05. The summed E-state index contributed by atoms with van der Waals surface area (Å²) in [6.45, 7) is 5.82. The Bertz CT molecular complexity index is 807. The monoisotopic (exact) mass is 371 g/mol. The summed E-state index contributed by atoms with van der Waals surface area (Å²) in [7, 11) is 0. The van der Waals surface area contributed by atoms with Gasteiger partial charge in [0, 0.05) is 43.9 Å². The maximum atomic E-state index is 15.2. The molecule has 136 valence electrons. The Morgan fingerprint density at radius 3 is 2.65 bits per heavy atom. The molecule has 1 aliphatic rings. The molecule has 2 aromatic carbocycles. The second-order valence-electron chi connectivity index (χ2n) is 6.71. The number of benzene rings is 2. The van der Waals surface area contributed by atoms with E-state index >= 15 is 4.39 Å². The Hall–Kier alpha value is -2.09. The van der Waals surface area contributed by atoms with Crippen LogP contribution in [0.25, 0.3) is 0 Å². The maximum Gasteiger partial charge on any atom is 0.209 e. The average molecular weight is 372 g/mol. The summed E-state index contributed by atoms with van der Waals surface area (Å²) in [6, 6.07) is 15.0. The van der Waals surface area contributed by atoms with Gasteiger partial charge >= 0.3 is 0 Å². The lowest BCUT2D eigenvalue weighted by Crippen LogP contribution is -2.43. The first-order valence-electron chi connectivity index (χ1n) is 8.94. The van der Waals surface area contributed by atoms with E-state index in [4.69, 9.17) is 16.9 Å². The predicted octanol–water partition coefficient (Wildman–Crippen LogP) is 4.27. The third kappa shape index (κ3) is 4.17. The largest absolute Gasteiger partial charge is 0.369 e.